The molecule has 1 unspecified atom stereocenters. The van der Waals surface area contributed by atoms with E-state index in [2.05, 4.69) is 15.5 Å². The second-order valence-corrected chi connectivity index (χ2v) is 9.39. The lowest BCUT2D eigenvalue weighted by Gasteiger charge is -2.15. The molecule has 1 heterocycles. The second-order valence-electron chi connectivity index (χ2n) is 7.57. The number of amides is 1. The highest BCUT2D eigenvalue weighted by Gasteiger charge is 2.21. The van der Waals surface area contributed by atoms with Crippen molar-refractivity contribution in [1.29, 1.82) is 0 Å². The number of carbonyl (C=O) groups excluding carboxylic acids is 1. The maximum absolute atomic E-state index is 13.2. The molecule has 0 fully saturated rings. The maximum atomic E-state index is 13.2. The van der Waals surface area contributed by atoms with Gasteiger partial charge in [0.2, 0.25) is 5.91 Å². The smallest absolute Gasteiger partial charge is 0.242 e. The molecule has 5 nitrogen and oxygen atoms in total. The van der Waals surface area contributed by atoms with Crippen LogP contribution in [0.2, 0.25) is 5.02 Å². The molecule has 1 amide bonds. The summed E-state index contributed by atoms with van der Waals surface area (Å²) < 4.78 is 15.1. The number of aryl methyl sites for hydroxylation is 1. The monoisotopic (exact) mass is 514 g/mol. The molecule has 9 heteroatoms. The van der Waals surface area contributed by atoms with E-state index < -0.39 is 5.38 Å². The highest BCUT2D eigenvalue weighted by atomic mass is 35.5. The molecule has 0 aliphatic rings. The van der Waals surface area contributed by atoms with Crippen LogP contribution in [0, 0.1) is 12.7 Å². The Morgan fingerprint density at radius 2 is 1.82 bits per heavy atom. The second kappa shape index (κ2) is 11.0. The zero-order valence-electron chi connectivity index (χ0n) is 18.2. The van der Waals surface area contributed by atoms with E-state index >= 15 is 0 Å². The van der Waals surface area contributed by atoms with Crippen LogP contribution >= 0.6 is 35.0 Å². The Hall–Kier alpha value is -2.87. The Labute approximate surface area is 211 Å². The third kappa shape index (κ3) is 5.78. The van der Waals surface area contributed by atoms with Crippen LogP contribution in [-0.4, -0.2) is 20.7 Å². The minimum absolute atomic E-state index is 0.130. The average molecular weight is 515 g/mol. The number of hydrogen-bond acceptors (Lipinski definition) is 4. The van der Waals surface area contributed by atoms with Crippen molar-refractivity contribution < 1.29 is 9.18 Å². The molecular formula is C25H21Cl2FN4OS. The fourth-order valence-electron chi connectivity index (χ4n) is 3.33. The molecule has 0 spiro atoms. The minimum Gasteiger partial charge on any atom is -0.347 e. The number of rotatable bonds is 8. The van der Waals surface area contributed by atoms with Crippen molar-refractivity contribution in [3.05, 3.63) is 106 Å². The van der Waals surface area contributed by atoms with Crippen molar-refractivity contribution >= 4 is 40.9 Å². The number of carbonyl (C=O) groups is 1. The first kappa shape index (κ1) is 24.3. The zero-order chi connectivity index (χ0) is 24.1. The number of thioether (sulfide) groups is 1. The molecule has 0 saturated carbocycles. The van der Waals surface area contributed by atoms with E-state index in [1.807, 2.05) is 47.9 Å². The summed E-state index contributed by atoms with van der Waals surface area (Å²) in [6.45, 7) is 2.09. The third-order valence-corrected chi connectivity index (χ3v) is 6.82. The van der Waals surface area contributed by atoms with E-state index in [4.69, 9.17) is 23.2 Å². The summed E-state index contributed by atoms with van der Waals surface area (Å²) in [6, 6.07) is 21.0. The Bertz CT molecular complexity index is 1280. The van der Waals surface area contributed by atoms with E-state index in [-0.39, 0.29) is 18.3 Å². The van der Waals surface area contributed by atoms with Gasteiger partial charge in [-0.05, 0) is 47.9 Å². The van der Waals surface area contributed by atoms with Crippen LogP contribution in [0.25, 0.3) is 5.69 Å². The first-order valence-corrected chi connectivity index (χ1v) is 12.3. The maximum Gasteiger partial charge on any atom is 0.242 e. The predicted octanol–water partition coefficient (Wildman–Crippen LogP) is 6.26. The number of nitrogens with zero attached hydrogens (tertiary/aromatic N) is 3. The van der Waals surface area contributed by atoms with Gasteiger partial charge in [0, 0.05) is 10.8 Å². The van der Waals surface area contributed by atoms with Crippen LogP contribution in [0.4, 0.5) is 4.39 Å². The first-order chi connectivity index (χ1) is 16.4. The fraction of sp³-hybridized carbons (Fsp3) is 0.160. The summed E-state index contributed by atoms with van der Waals surface area (Å²) in [7, 11) is 0. The van der Waals surface area contributed by atoms with Crippen LogP contribution in [0.5, 0.6) is 0 Å². The standard InChI is InChI=1S/C25H21Cl2FN4OS/c1-16-7-10-19(26)13-21(16)32-22(14-29-24(33)23(27)18-5-3-2-4-6-18)30-31-25(32)34-15-17-8-11-20(28)12-9-17/h2-13,23H,14-15H2,1H3,(H,29,33). The van der Waals surface area contributed by atoms with Gasteiger partial charge in [0.25, 0.3) is 0 Å². The summed E-state index contributed by atoms with van der Waals surface area (Å²) in [4.78, 5) is 12.7. The Balaban J connectivity index is 1.58. The number of alkyl halides is 1. The van der Waals surface area contributed by atoms with Gasteiger partial charge < -0.3 is 5.32 Å². The van der Waals surface area contributed by atoms with Crippen molar-refractivity contribution in [2.75, 3.05) is 0 Å². The molecular weight excluding hydrogens is 494 g/mol. The van der Waals surface area contributed by atoms with Crippen LogP contribution < -0.4 is 5.32 Å². The van der Waals surface area contributed by atoms with Crippen LogP contribution in [0.15, 0.2) is 78.0 Å². The predicted molar refractivity (Wildman–Crippen MR) is 134 cm³/mol. The van der Waals surface area contributed by atoms with Crippen molar-refractivity contribution in [2.24, 2.45) is 0 Å². The van der Waals surface area contributed by atoms with Gasteiger partial charge in [-0.2, -0.15) is 0 Å². The van der Waals surface area contributed by atoms with Gasteiger partial charge in [0.05, 0.1) is 12.2 Å². The van der Waals surface area contributed by atoms with Gasteiger partial charge in [-0.15, -0.1) is 21.8 Å². The van der Waals surface area contributed by atoms with E-state index in [1.54, 1.807) is 24.3 Å². The molecule has 0 saturated heterocycles. The number of benzene rings is 3. The van der Waals surface area contributed by atoms with Gasteiger partial charge in [0.15, 0.2) is 11.0 Å². The van der Waals surface area contributed by atoms with Gasteiger partial charge in [-0.25, -0.2) is 4.39 Å². The fourth-order valence-corrected chi connectivity index (χ4v) is 4.64. The Morgan fingerprint density at radius 1 is 1.09 bits per heavy atom. The molecule has 4 aromatic rings. The molecule has 0 radical (unpaired) electrons. The summed E-state index contributed by atoms with van der Waals surface area (Å²) in [5.41, 5.74) is 3.45. The number of hydrogen-bond donors (Lipinski definition) is 1. The molecule has 4 rings (SSSR count). The summed E-state index contributed by atoms with van der Waals surface area (Å²) in [5, 5.41) is 11.9. The molecule has 1 atom stereocenters. The van der Waals surface area contributed by atoms with Crippen LogP contribution in [0.3, 0.4) is 0 Å². The molecule has 0 bridgehead atoms. The SMILES string of the molecule is Cc1ccc(Cl)cc1-n1c(CNC(=O)C(Cl)c2ccccc2)nnc1SCc1ccc(F)cc1. The largest absolute Gasteiger partial charge is 0.347 e. The minimum atomic E-state index is -0.821. The molecule has 0 aliphatic heterocycles. The topological polar surface area (TPSA) is 59.8 Å². The number of nitrogens with one attached hydrogen (secondary N) is 1. The van der Waals surface area contributed by atoms with Gasteiger partial charge in [-0.3, -0.25) is 9.36 Å². The molecule has 1 N–H and O–H groups in total. The van der Waals surface area contributed by atoms with Gasteiger partial charge >= 0.3 is 0 Å². The van der Waals surface area contributed by atoms with Gasteiger partial charge in [-0.1, -0.05) is 71.9 Å². The van der Waals surface area contributed by atoms with Crippen LogP contribution in [-0.2, 0) is 17.1 Å². The highest BCUT2D eigenvalue weighted by Crippen LogP contribution is 2.29. The average Bonchev–Trinajstić information content (AvgIpc) is 3.26. The lowest BCUT2D eigenvalue weighted by Crippen LogP contribution is -2.28. The molecule has 174 valence electrons. The van der Waals surface area contributed by atoms with E-state index in [0.717, 1.165) is 16.8 Å². The van der Waals surface area contributed by atoms with E-state index in [9.17, 15) is 9.18 Å². The lowest BCUT2D eigenvalue weighted by atomic mass is 10.1. The molecule has 0 aliphatic carbocycles. The lowest BCUT2D eigenvalue weighted by molar-refractivity contribution is -0.121. The highest BCUT2D eigenvalue weighted by molar-refractivity contribution is 7.98. The van der Waals surface area contributed by atoms with E-state index in [0.29, 0.717) is 27.3 Å². The summed E-state index contributed by atoms with van der Waals surface area (Å²) in [5.74, 6) is 0.503. The number of halogens is 3. The Morgan fingerprint density at radius 3 is 2.56 bits per heavy atom. The van der Waals surface area contributed by atoms with Crippen LogP contribution in [0.1, 0.15) is 27.9 Å². The third-order valence-electron chi connectivity index (χ3n) is 5.14. The van der Waals surface area contributed by atoms with Crippen molar-refractivity contribution in [2.45, 2.75) is 29.8 Å². The van der Waals surface area contributed by atoms with Gasteiger partial charge in [0.1, 0.15) is 11.2 Å². The summed E-state index contributed by atoms with van der Waals surface area (Å²) in [6.07, 6.45) is 0. The first-order valence-electron chi connectivity index (χ1n) is 10.5. The summed E-state index contributed by atoms with van der Waals surface area (Å²) >= 11 is 14.1. The zero-order valence-corrected chi connectivity index (χ0v) is 20.5. The Kier molecular flexibility index (Phi) is 7.88. The molecule has 34 heavy (non-hydrogen) atoms. The quantitative estimate of drug-likeness (QED) is 0.222. The van der Waals surface area contributed by atoms with Crippen molar-refractivity contribution in [3.8, 4) is 5.69 Å². The van der Waals surface area contributed by atoms with E-state index in [1.165, 1.54) is 23.9 Å². The molecule has 1 aromatic heterocycles. The van der Waals surface area contributed by atoms with Crippen molar-refractivity contribution in [1.82, 2.24) is 20.1 Å². The molecule has 3 aromatic carbocycles. The number of aromatic nitrogens is 3. The van der Waals surface area contributed by atoms with Crippen molar-refractivity contribution in [3.63, 3.8) is 0 Å². The normalized spacial score (nSPS) is 11.9.